The van der Waals surface area contributed by atoms with E-state index in [1.54, 1.807) is 0 Å². The van der Waals surface area contributed by atoms with Gasteiger partial charge in [-0.2, -0.15) is 0 Å². The molecule has 0 atom stereocenters. The first-order chi connectivity index (χ1) is 12.6. The predicted molar refractivity (Wildman–Crippen MR) is 105 cm³/mol. The molecule has 0 saturated carbocycles. The van der Waals surface area contributed by atoms with Gasteiger partial charge in [0, 0.05) is 12.8 Å². The minimum Gasteiger partial charge on any atom is -0.299 e. The molecule has 0 amide bonds. The fourth-order valence-electron chi connectivity index (χ4n) is 3.34. The van der Waals surface area contributed by atoms with Crippen molar-refractivity contribution in [2.24, 2.45) is 0 Å². The molecule has 0 N–H and O–H groups in total. The van der Waals surface area contributed by atoms with Crippen LogP contribution >= 0.6 is 0 Å². The monoisotopic (exact) mass is 340 g/mol. The molecule has 0 aliphatic carbocycles. The number of nitrogens with zero attached hydrogens (tertiary/aromatic N) is 2. The summed E-state index contributed by atoms with van der Waals surface area (Å²) >= 11 is 0. The van der Waals surface area contributed by atoms with Crippen LogP contribution in [0.25, 0.3) is 21.8 Å². The lowest BCUT2D eigenvalue weighted by Gasteiger charge is -2.07. The van der Waals surface area contributed by atoms with Crippen molar-refractivity contribution < 1.29 is 4.79 Å². The number of hydrogen-bond donors (Lipinski definition) is 0. The molecule has 0 spiro atoms. The molecule has 4 aromatic rings. The van der Waals surface area contributed by atoms with Crippen molar-refractivity contribution >= 4 is 27.6 Å². The number of aromatic nitrogens is 2. The number of aryl methyl sites for hydroxylation is 2. The van der Waals surface area contributed by atoms with Crippen molar-refractivity contribution in [2.45, 2.75) is 26.7 Å². The fourth-order valence-corrected chi connectivity index (χ4v) is 3.34. The highest BCUT2D eigenvalue weighted by Crippen LogP contribution is 2.20. The average Bonchev–Trinajstić information content (AvgIpc) is 2.63. The second-order valence-corrected chi connectivity index (χ2v) is 6.75. The lowest BCUT2D eigenvalue weighted by molar-refractivity contribution is -0.117. The normalized spacial score (nSPS) is 11.2. The maximum Gasteiger partial charge on any atom is 0.141 e. The topological polar surface area (TPSA) is 42.9 Å². The van der Waals surface area contributed by atoms with E-state index in [1.807, 2.05) is 56.3 Å². The van der Waals surface area contributed by atoms with Crippen LogP contribution in [-0.4, -0.2) is 15.8 Å². The molecule has 0 fully saturated rings. The van der Waals surface area contributed by atoms with E-state index >= 15 is 0 Å². The summed E-state index contributed by atoms with van der Waals surface area (Å²) in [7, 11) is 0. The summed E-state index contributed by atoms with van der Waals surface area (Å²) in [6, 6.07) is 20.2. The van der Waals surface area contributed by atoms with E-state index in [-0.39, 0.29) is 5.78 Å². The van der Waals surface area contributed by atoms with Crippen LogP contribution < -0.4 is 0 Å². The third kappa shape index (κ3) is 3.21. The van der Waals surface area contributed by atoms with Crippen LogP contribution in [0.5, 0.6) is 0 Å². The maximum atomic E-state index is 12.6. The van der Waals surface area contributed by atoms with E-state index < -0.39 is 0 Å². The first-order valence-corrected chi connectivity index (χ1v) is 8.82. The first kappa shape index (κ1) is 16.4. The molecule has 0 radical (unpaired) electrons. The van der Waals surface area contributed by atoms with Crippen molar-refractivity contribution in [3.8, 4) is 0 Å². The molecule has 0 aliphatic rings. The van der Waals surface area contributed by atoms with Crippen LogP contribution in [0.2, 0.25) is 0 Å². The van der Waals surface area contributed by atoms with Crippen molar-refractivity contribution in [3.05, 3.63) is 83.2 Å². The largest absolute Gasteiger partial charge is 0.299 e. The highest BCUT2D eigenvalue weighted by atomic mass is 16.1. The second kappa shape index (κ2) is 6.68. The van der Waals surface area contributed by atoms with Gasteiger partial charge < -0.3 is 0 Å². The minimum atomic E-state index is 0.206. The van der Waals surface area contributed by atoms with E-state index in [1.165, 1.54) is 5.39 Å². The summed E-state index contributed by atoms with van der Waals surface area (Å²) < 4.78 is 0. The molecular weight excluding hydrogens is 320 g/mol. The summed E-state index contributed by atoms with van der Waals surface area (Å²) in [6.07, 6.45) is 0.853. The van der Waals surface area contributed by atoms with E-state index in [0.717, 1.165) is 38.9 Å². The van der Waals surface area contributed by atoms with Crippen molar-refractivity contribution in [1.29, 1.82) is 0 Å². The van der Waals surface area contributed by atoms with Gasteiger partial charge in [0.15, 0.2) is 0 Å². The molecule has 0 saturated heterocycles. The Hall–Kier alpha value is -3.07. The average molecular weight is 340 g/mol. The Labute approximate surface area is 152 Å². The van der Waals surface area contributed by atoms with Gasteiger partial charge in [0.05, 0.1) is 22.4 Å². The molecule has 26 heavy (non-hydrogen) atoms. The van der Waals surface area contributed by atoms with Crippen LogP contribution in [0.4, 0.5) is 0 Å². The van der Waals surface area contributed by atoms with E-state index in [2.05, 4.69) is 28.2 Å². The standard InChI is InChI=1S/C23H20N2O/c1-15-16(2)25-23-13-17(10-11-22(23)24-15)12-20(26)14-19-8-5-7-18-6-3-4-9-21(18)19/h3-11,13H,12,14H2,1-2H3. The van der Waals surface area contributed by atoms with Gasteiger partial charge in [-0.05, 0) is 47.9 Å². The SMILES string of the molecule is Cc1nc2ccc(CC(=O)Cc3cccc4ccccc34)cc2nc1C. The number of carbonyl (C=O) groups is 1. The molecule has 1 heterocycles. The highest BCUT2D eigenvalue weighted by molar-refractivity contribution is 5.92. The van der Waals surface area contributed by atoms with E-state index in [4.69, 9.17) is 0 Å². The van der Waals surface area contributed by atoms with Crippen molar-refractivity contribution in [1.82, 2.24) is 9.97 Å². The van der Waals surface area contributed by atoms with Gasteiger partial charge in [0.1, 0.15) is 5.78 Å². The number of fused-ring (bicyclic) bond motifs is 2. The van der Waals surface area contributed by atoms with E-state index in [0.29, 0.717) is 12.8 Å². The zero-order chi connectivity index (χ0) is 18.1. The Morgan fingerprint density at radius 2 is 1.54 bits per heavy atom. The molecule has 3 heteroatoms. The lowest BCUT2D eigenvalue weighted by atomic mass is 9.98. The zero-order valence-electron chi connectivity index (χ0n) is 15.0. The molecule has 4 rings (SSSR count). The summed E-state index contributed by atoms with van der Waals surface area (Å²) in [5.41, 5.74) is 5.66. The Morgan fingerprint density at radius 1 is 0.808 bits per heavy atom. The predicted octanol–water partition coefficient (Wildman–Crippen LogP) is 4.75. The van der Waals surface area contributed by atoms with Crippen molar-refractivity contribution in [2.75, 3.05) is 0 Å². The molecule has 1 aromatic heterocycles. The molecule has 0 aliphatic heterocycles. The smallest absolute Gasteiger partial charge is 0.141 e. The second-order valence-electron chi connectivity index (χ2n) is 6.75. The Bertz CT molecular complexity index is 1130. The molecule has 3 aromatic carbocycles. The van der Waals surface area contributed by atoms with Gasteiger partial charge in [-0.1, -0.05) is 48.5 Å². The van der Waals surface area contributed by atoms with Gasteiger partial charge in [0.25, 0.3) is 0 Å². The Balaban J connectivity index is 1.58. The number of ketones is 1. The maximum absolute atomic E-state index is 12.6. The minimum absolute atomic E-state index is 0.206. The molecule has 128 valence electrons. The molecule has 3 nitrogen and oxygen atoms in total. The number of benzene rings is 3. The lowest BCUT2D eigenvalue weighted by Crippen LogP contribution is -2.07. The Kier molecular flexibility index (Phi) is 4.21. The van der Waals surface area contributed by atoms with Crippen LogP contribution in [0.1, 0.15) is 22.5 Å². The third-order valence-electron chi connectivity index (χ3n) is 4.81. The number of rotatable bonds is 4. The van der Waals surface area contributed by atoms with Crippen LogP contribution in [-0.2, 0) is 17.6 Å². The fraction of sp³-hybridized carbons (Fsp3) is 0.174. The third-order valence-corrected chi connectivity index (χ3v) is 4.81. The summed E-state index contributed by atoms with van der Waals surface area (Å²) in [6.45, 7) is 3.92. The molecule has 0 unspecified atom stereocenters. The first-order valence-electron chi connectivity index (χ1n) is 8.82. The van der Waals surface area contributed by atoms with Gasteiger partial charge in [-0.25, -0.2) is 9.97 Å². The molecular formula is C23H20N2O. The van der Waals surface area contributed by atoms with Crippen LogP contribution in [0.15, 0.2) is 60.7 Å². The Morgan fingerprint density at radius 3 is 2.38 bits per heavy atom. The quantitative estimate of drug-likeness (QED) is 0.538. The summed E-state index contributed by atoms with van der Waals surface area (Å²) in [4.78, 5) is 21.8. The van der Waals surface area contributed by atoms with Crippen LogP contribution in [0.3, 0.4) is 0 Å². The van der Waals surface area contributed by atoms with Gasteiger partial charge in [-0.3, -0.25) is 4.79 Å². The van der Waals surface area contributed by atoms with Gasteiger partial charge >= 0.3 is 0 Å². The number of hydrogen-bond acceptors (Lipinski definition) is 3. The number of carbonyl (C=O) groups excluding carboxylic acids is 1. The highest BCUT2D eigenvalue weighted by Gasteiger charge is 2.10. The summed E-state index contributed by atoms with van der Waals surface area (Å²) in [5.74, 6) is 0.206. The van der Waals surface area contributed by atoms with Gasteiger partial charge in [0.2, 0.25) is 0 Å². The van der Waals surface area contributed by atoms with E-state index in [9.17, 15) is 4.79 Å². The summed E-state index contributed by atoms with van der Waals surface area (Å²) in [5, 5.41) is 2.32. The zero-order valence-corrected chi connectivity index (χ0v) is 15.0. The number of Topliss-reactive ketones (excluding diaryl/α,β-unsaturated/α-hetero) is 1. The van der Waals surface area contributed by atoms with Crippen LogP contribution in [0, 0.1) is 13.8 Å². The molecule has 0 bridgehead atoms. The van der Waals surface area contributed by atoms with Gasteiger partial charge in [-0.15, -0.1) is 0 Å². The van der Waals surface area contributed by atoms with Crippen molar-refractivity contribution in [3.63, 3.8) is 0 Å².